The summed E-state index contributed by atoms with van der Waals surface area (Å²) in [4.78, 5) is 28.0. The van der Waals surface area contributed by atoms with E-state index < -0.39 is 42.5 Å². The number of hydrogen-bond acceptors (Lipinski definition) is 7. The minimum Gasteiger partial charge on any atom is -0.391 e. The first-order valence-electron chi connectivity index (χ1n) is 8.03. The number of nitrogens with zero attached hydrogens (tertiary/aromatic N) is 2. The first-order valence-corrected chi connectivity index (χ1v) is 8.03. The number of ether oxygens (including phenoxy) is 2. The van der Waals surface area contributed by atoms with Gasteiger partial charge in [-0.05, 0) is 18.2 Å². The van der Waals surface area contributed by atoms with Crippen LogP contribution >= 0.6 is 0 Å². The van der Waals surface area contributed by atoms with Crippen LogP contribution in [-0.4, -0.2) is 57.5 Å². The van der Waals surface area contributed by atoms with E-state index in [-0.39, 0.29) is 5.82 Å². The highest BCUT2D eigenvalue weighted by molar-refractivity contribution is 6.03. The molecule has 2 aromatic rings. The first kappa shape index (κ1) is 19.1. The predicted molar refractivity (Wildman–Crippen MR) is 90.7 cm³/mol. The quantitative estimate of drug-likeness (QED) is 0.671. The van der Waals surface area contributed by atoms with Crippen molar-refractivity contribution in [2.45, 2.75) is 24.3 Å². The van der Waals surface area contributed by atoms with Crippen LogP contribution < -0.4 is 11.0 Å². The maximum absolute atomic E-state index is 14.4. The van der Waals surface area contributed by atoms with Crippen LogP contribution in [-0.2, 0) is 9.47 Å². The Balaban J connectivity index is 1.81. The Morgan fingerprint density at radius 2 is 2.11 bits per heavy atom. The number of aliphatic hydroxyl groups excluding tert-OH is 2. The van der Waals surface area contributed by atoms with Gasteiger partial charge in [0.2, 0.25) is 5.79 Å². The molecule has 0 aliphatic carbocycles. The van der Waals surface area contributed by atoms with Gasteiger partial charge >= 0.3 is 5.69 Å². The Bertz CT molecular complexity index is 870. The van der Waals surface area contributed by atoms with Gasteiger partial charge in [0, 0.05) is 18.9 Å². The molecule has 3 N–H and O–H groups in total. The van der Waals surface area contributed by atoms with Gasteiger partial charge in [0.05, 0.1) is 0 Å². The number of carbonyl (C=O) groups is 1. The van der Waals surface area contributed by atoms with E-state index in [0.29, 0.717) is 5.56 Å². The van der Waals surface area contributed by atoms with Gasteiger partial charge in [-0.25, -0.2) is 9.18 Å². The average Bonchev–Trinajstić information content (AvgIpc) is 2.94. The standard InChI is InChI=1S/C17H18FN3O6/c1-26-17(9-22)13(23)12(18)15(27-17)21-8-7-11(20-16(21)25)19-14(24)10-5-3-2-4-6-10/h2-8,12-13,15,22-23H,9H2,1H3,(H,19,20,24,25)/t12-,13?,15+,17-/m0/s1. The number of benzene rings is 1. The Morgan fingerprint density at radius 1 is 1.41 bits per heavy atom. The Hall–Kier alpha value is -2.66. The number of methoxy groups -OCH3 is 1. The number of amides is 1. The molecular weight excluding hydrogens is 361 g/mol. The lowest BCUT2D eigenvalue weighted by molar-refractivity contribution is -0.269. The molecule has 27 heavy (non-hydrogen) atoms. The summed E-state index contributed by atoms with van der Waals surface area (Å²) in [6.07, 6.45) is -4.22. The second-order valence-electron chi connectivity index (χ2n) is 5.89. The van der Waals surface area contributed by atoms with Gasteiger partial charge in [0.25, 0.3) is 5.91 Å². The number of rotatable bonds is 5. The van der Waals surface area contributed by atoms with E-state index in [0.717, 1.165) is 11.7 Å². The van der Waals surface area contributed by atoms with Gasteiger partial charge < -0.3 is 25.0 Å². The Labute approximate surface area is 153 Å². The van der Waals surface area contributed by atoms with Crippen molar-refractivity contribution in [2.24, 2.45) is 0 Å². The normalized spacial score (nSPS) is 27.5. The molecule has 1 amide bonds. The zero-order valence-corrected chi connectivity index (χ0v) is 14.3. The van der Waals surface area contributed by atoms with Crippen molar-refractivity contribution in [1.82, 2.24) is 9.55 Å². The zero-order valence-electron chi connectivity index (χ0n) is 14.3. The summed E-state index contributed by atoms with van der Waals surface area (Å²) in [6, 6.07) is 9.61. The maximum atomic E-state index is 14.4. The van der Waals surface area contributed by atoms with E-state index in [1.165, 1.54) is 12.3 Å². The number of aliphatic hydroxyl groups is 2. The van der Waals surface area contributed by atoms with Crippen LogP contribution in [0.5, 0.6) is 0 Å². The van der Waals surface area contributed by atoms with Gasteiger partial charge in [0.1, 0.15) is 18.5 Å². The SMILES string of the molecule is CO[C@@]1(CO)O[C@@H](n2ccc(NC(=O)c3ccccc3)nc2=O)[C@@H](F)C1O. The predicted octanol–water partition coefficient (Wildman–Crippen LogP) is 0.0584. The Morgan fingerprint density at radius 3 is 2.67 bits per heavy atom. The molecule has 1 aromatic heterocycles. The van der Waals surface area contributed by atoms with Gasteiger partial charge in [-0.1, -0.05) is 18.2 Å². The molecule has 1 saturated heterocycles. The molecule has 0 spiro atoms. The van der Waals surface area contributed by atoms with E-state index in [2.05, 4.69) is 10.3 Å². The molecule has 1 aliphatic rings. The summed E-state index contributed by atoms with van der Waals surface area (Å²) >= 11 is 0. The number of hydrogen-bond donors (Lipinski definition) is 3. The van der Waals surface area contributed by atoms with E-state index >= 15 is 0 Å². The third-order valence-electron chi connectivity index (χ3n) is 4.29. The molecule has 1 aromatic carbocycles. The van der Waals surface area contributed by atoms with E-state index in [1.54, 1.807) is 30.3 Å². The number of halogens is 1. The lowest BCUT2D eigenvalue weighted by atomic mass is 10.1. The fraction of sp³-hybridized carbons (Fsp3) is 0.353. The third-order valence-corrected chi connectivity index (χ3v) is 4.29. The van der Waals surface area contributed by atoms with Gasteiger partial charge in [-0.3, -0.25) is 9.36 Å². The number of anilines is 1. The summed E-state index contributed by atoms with van der Waals surface area (Å²) in [5, 5.41) is 21.8. The zero-order chi connectivity index (χ0) is 19.6. The summed E-state index contributed by atoms with van der Waals surface area (Å²) < 4.78 is 25.4. The van der Waals surface area contributed by atoms with Gasteiger partial charge in [-0.2, -0.15) is 4.98 Å². The highest BCUT2D eigenvalue weighted by atomic mass is 19.1. The van der Waals surface area contributed by atoms with Gasteiger partial charge in [-0.15, -0.1) is 0 Å². The first-order chi connectivity index (χ1) is 12.9. The van der Waals surface area contributed by atoms with Crippen LogP contribution in [0.4, 0.5) is 10.2 Å². The Kier molecular flexibility index (Phi) is 5.33. The number of aromatic nitrogens is 2. The summed E-state index contributed by atoms with van der Waals surface area (Å²) in [5.74, 6) is -2.47. The average molecular weight is 379 g/mol. The van der Waals surface area contributed by atoms with Crippen molar-refractivity contribution in [3.63, 3.8) is 0 Å². The van der Waals surface area contributed by atoms with Crippen LogP contribution in [0.15, 0.2) is 47.4 Å². The molecule has 2 heterocycles. The van der Waals surface area contributed by atoms with Crippen LogP contribution in [0, 0.1) is 0 Å². The second-order valence-corrected chi connectivity index (χ2v) is 5.89. The van der Waals surface area contributed by atoms with Crippen molar-refractivity contribution in [3.05, 3.63) is 58.6 Å². The van der Waals surface area contributed by atoms with Crippen molar-refractivity contribution < 1.29 is 28.9 Å². The van der Waals surface area contributed by atoms with Crippen molar-refractivity contribution in [1.29, 1.82) is 0 Å². The third kappa shape index (κ3) is 3.47. The minimum atomic E-state index is -2.04. The summed E-state index contributed by atoms with van der Waals surface area (Å²) in [5.41, 5.74) is -0.534. The molecule has 144 valence electrons. The van der Waals surface area contributed by atoms with Crippen molar-refractivity contribution in [2.75, 3.05) is 19.0 Å². The molecule has 1 fully saturated rings. The lowest BCUT2D eigenvalue weighted by Gasteiger charge is -2.27. The number of carbonyl (C=O) groups excluding carboxylic acids is 1. The molecule has 1 aliphatic heterocycles. The highest BCUT2D eigenvalue weighted by Gasteiger charge is 2.56. The molecule has 0 saturated carbocycles. The molecule has 0 radical (unpaired) electrons. The monoisotopic (exact) mass is 379 g/mol. The molecule has 4 atom stereocenters. The fourth-order valence-electron chi connectivity index (χ4n) is 2.77. The molecule has 0 bridgehead atoms. The smallest absolute Gasteiger partial charge is 0.351 e. The number of alkyl halides is 1. The second kappa shape index (κ2) is 7.53. The fourth-order valence-corrected chi connectivity index (χ4v) is 2.77. The van der Waals surface area contributed by atoms with Crippen molar-refractivity contribution >= 4 is 11.7 Å². The van der Waals surface area contributed by atoms with Crippen molar-refractivity contribution in [3.8, 4) is 0 Å². The summed E-state index contributed by atoms with van der Waals surface area (Å²) in [7, 11) is 1.14. The van der Waals surface area contributed by atoms with E-state index in [1.807, 2.05) is 0 Å². The topological polar surface area (TPSA) is 123 Å². The molecule has 3 rings (SSSR count). The minimum absolute atomic E-state index is 0.0285. The van der Waals surface area contributed by atoms with Crippen LogP contribution in [0.3, 0.4) is 0 Å². The lowest BCUT2D eigenvalue weighted by Crippen LogP contribution is -2.47. The summed E-state index contributed by atoms with van der Waals surface area (Å²) in [6.45, 7) is -0.811. The molecule has 1 unspecified atom stereocenters. The molecular formula is C17H18FN3O6. The van der Waals surface area contributed by atoms with Crippen LogP contribution in [0.25, 0.3) is 0 Å². The highest BCUT2D eigenvalue weighted by Crippen LogP contribution is 2.38. The van der Waals surface area contributed by atoms with Gasteiger partial charge in [0.15, 0.2) is 12.4 Å². The molecule has 10 heteroatoms. The van der Waals surface area contributed by atoms with E-state index in [9.17, 15) is 24.2 Å². The van der Waals surface area contributed by atoms with E-state index in [4.69, 9.17) is 9.47 Å². The molecule has 9 nitrogen and oxygen atoms in total. The maximum Gasteiger partial charge on any atom is 0.351 e. The van der Waals surface area contributed by atoms with Crippen LogP contribution in [0.2, 0.25) is 0 Å². The largest absolute Gasteiger partial charge is 0.391 e. The number of nitrogens with one attached hydrogen (secondary N) is 1. The van der Waals surface area contributed by atoms with Crippen LogP contribution in [0.1, 0.15) is 16.6 Å².